The molecular formula is C16H18ClNO. The summed E-state index contributed by atoms with van der Waals surface area (Å²) >= 11 is 6.20. The van der Waals surface area contributed by atoms with Crippen LogP contribution in [0.1, 0.15) is 24.1 Å². The van der Waals surface area contributed by atoms with Gasteiger partial charge in [0.15, 0.2) is 0 Å². The zero-order valence-electron chi connectivity index (χ0n) is 11.4. The molecule has 0 aliphatic carbocycles. The lowest BCUT2D eigenvalue weighted by Gasteiger charge is -2.15. The van der Waals surface area contributed by atoms with Crippen molar-refractivity contribution < 1.29 is 4.74 Å². The van der Waals surface area contributed by atoms with E-state index < -0.39 is 0 Å². The van der Waals surface area contributed by atoms with Crippen LogP contribution in [-0.2, 0) is 0 Å². The summed E-state index contributed by atoms with van der Waals surface area (Å²) in [5.41, 5.74) is 10.2. The van der Waals surface area contributed by atoms with Gasteiger partial charge in [-0.2, -0.15) is 0 Å². The van der Waals surface area contributed by atoms with E-state index in [9.17, 15) is 0 Å². The van der Waals surface area contributed by atoms with E-state index in [1.807, 2.05) is 44.2 Å². The fraction of sp³-hybridized carbons (Fsp3) is 0.250. The Labute approximate surface area is 119 Å². The van der Waals surface area contributed by atoms with Crippen LogP contribution in [0, 0.1) is 6.92 Å². The van der Waals surface area contributed by atoms with E-state index in [2.05, 4.69) is 6.07 Å². The van der Waals surface area contributed by atoms with Crippen LogP contribution in [0.3, 0.4) is 0 Å². The zero-order valence-corrected chi connectivity index (χ0v) is 12.2. The second-order valence-electron chi connectivity index (χ2n) is 4.66. The molecule has 0 saturated heterocycles. The highest BCUT2D eigenvalue weighted by Crippen LogP contribution is 2.36. The van der Waals surface area contributed by atoms with Crippen LogP contribution in [-0.4, -0.2) is 7.11 Å². The van der Waals surface area contributed by atoms with Crippen LogP contribution in [0.15, 0.2) is 36.4 Å². The van der Waals surface area contributed by atoms with Crippen molar-refractivity contribution in [1.29, 1.82) is 0 Å². The van der Waals surface area contributed by atoms with Crippen molar-refractivity contribution in [3.8, 4) is 16.9 Å². The maximum atomic E-state index is 6.20. The number of methoxy groups -OCH3 is 1. The summed E-state index contributed by atoms with van der Waals surface area (Å²) in [6.07, 6.45) is 0. The first-order chi connectivity index (χ1) is 9.04. The highest BCUT2D eigenvalue weighted by molar-refractivity contribution is 6.31. The van der Waals surface area contributed by atoms with Gasteiger partial charge in [0.25, 0.3) is 0 Å². The molecule has 2 aromatic carbocycles. The zero-order chi connectivity index (χ0) is 14.0. The van der Waals surface area contributed by atoms with Gasteiger partial charge in [-0.05, 0) is 48.7 Å². The fourth-order valence-corrected chi connectivity index (χ4v) is 2.29. The van der Waals surface area contributed by atoms with Gasteiger partial charge in [-0.3, -0.25) is 0 Å². The molecule has 0 fully saturated rings. The monoisotopic (exact) mass is 275 g/mol. The lowest BCUT2D eigenvalue weighted by molar-refractivity contribution is 0.416. The lowest BCUT2D eigenvalue weighted by atomic mass is 9.96. The second kappa shape index (κ2) is 5.64. The van der Waals surface area contributed by atoms with Crippen LogP contribution >= 0.6 is 11.6 Å². The Morgan fingerprint density at radius 1 is 1.16 bits per heavy atom. The summed E-state index contributed by atoms with van der Waals surface area (Å²) < 4.78 is 5.45. The molecule has 0 radical (unpaired) electrons. The normalized spacial score (nSPS) is 12.3. The first-order valence-electron chi connectivity index (χ1n) is 6.23. The van der Waals surface area contributed by atoms with Crippen molar-refractivity contribution in [3.63, 3.8) is 0 Å². The Kier molecular flexibility index (Phi) is 4.13. The Hall–Kier alpha value is -1.51. The van der Waals surface area contributed by atoms with Gasteiger partial charge in [-0.1, -0.05) is 29.8 Å². The molecule has 0 amide bonds. The van der Waals surface area contributed by atoms with Crippen molar-refractivity contribution in [2.75, 3.05) is 7.11 Å². The second-order valence-corrected chi connectivity index (χ2v) is 5.07. The molecule has 0 bridgehead atoms. The van der Waals surface area contributed by atoms with Gasteiger partial charge in [0.05, 0.1) is 7.11 Å². The summed E-state index contributed by atoms with van der Waals surface area (Å²) in [5.74, 6) is 0.828. The van der Waals surface area contributed by atoms with Gasteiger partial charge in [0, 0.05) is 16.6 Å². The molecule has 1 atom stereocenters. The minimum Gasteiger partial charge on any atom is -0.496 e. The topological polar surface area (TPSA) is 35.2 Å². The third-order valence-electron chi connectivity index (χ3n) is 3.31. The van der Waals surface area contributed by atoms with Crippen LogP contribution in [0.4, 0.5) is 0 Å². The van der Waals surface area contributed by atoms with E-state index >= 15 is 0 Å². The summed E-state index contributed by atoms with van der Waals surface area (Å²) in [6, 6.07) is 11.9. The third kappa shape index (κ3) is 2.75. The van der Waals surface area contributed by atoms with E-state index in [1.165, 1.54) is 0 Å². The van der Waals surface area contributed by atoms with Crippen LogP contribution < -0.4 is 10.5 Å². The molecule has 2 rings (SSSR count). The SMILES string of the molecule is COc1ccc(C(C)N)cc1-c1cccc(Cl)c1C. The summed E-state index contributed by atoms with van der Waals surface area (Å²) in [7, 11) is 1.67. The molecule has 0 aliphatic heterocycles. The third-order valence-corrected chi connectivity index (χ3v) is 3.72. The predicted molar refractivity (Wildman–Crippen MR) is 80.8 cm³/mol. The average molecular weight is 276 g/mol. The van der Waals surface area contributed by atoms with E-state index in [0.717, 1.165) is 33.0 Å². The molecule has 2 N–H and O–H groups in total. The number of hydrogen-bond acceptors (Lipinski definition) is 2. The number of rotatable bonds is 3. The number of nitrogens with two attached hydrogens (primary N) is 1. The molecule has 0 aliphatic rings. The van der Waals surface area contributed by atoms with E-state index in [0.29, 0.717) is 0 Å². The van der Waals surface area contributed by atoms with Crippen molar-refractivity contribution in [3.05, 3.63) is 52.5 Å². The molecule has 100 valence electrons. The summed E-state index contributed by atoms with van der Waals surface area (Å²) in [5, 5.41) is 0.755. The number of halogens is 1. The van der Waals surface area contributed by atoms with Crippen molar-refractivity contribution in [2.45, 2.75) is 19.9 Å². The van der Waals surface area contributed by atoms with Gasteiger partial charge in [-0.15, -0.1) is 0 Å². The molecule has 0 spiro atoms. The van der Waals surface area contributed by atoms with Crippen LogP contribution in [0.5, 0.6) is 5.75 Å². The first-order valence-corrected chi connectivity index (χ1v) is 6.61. The highest BCUT2D eigenvalue weighted by atomic mass is 35.5. The highest BCUT2D eigenvalue weighted by Gasteiger charge is 2.12. The van der Waals surface area contributed by atoms with E-state index in [1.54, 1.807) is 7.11 Å². The molecule has 0 saturated carbocycles. The maximum absolute atomic E-state index is 6.20. The Morgan fingerprint density at radius 3 is 2.53 bits per heavy atom. The van der Waals surface area contributed by atoms with Crippen molar-refractivity contribution in [1.82, 2.24) is 0 Å². The smallest absolute Gasteiger partial charge is 0.126 e. The fourth-order valence-electron chi connectivity index (χ4n) is 2.12. The van der Waals surface area contributed by atoms with Crippen molar-refractivity contribution in [2.24, 2.45) is 5.73 Å². The number of ether oxygens (including phenoxy) is 1. The molecule has 19 heavy (non-hydrogen) atoms. The quantitative estimate of drug-likeness (QED) is 0.904. The molecule has 1 unspecified atom stereocenters. The number of hydrogen-bond donors (Lipinski definition) is 1. The largest absolute Gasteiger partial charge is 0.496 e. The predicted octanol–water partition coefficient (Wildman–Crippen LogP) is 4.34. The Morgan fingerprint density at radius 2 is 1.89 bits per heavy atom. The van der Waals surface area contributed by atoms with Gasteiger partial charge < -0.3 is 10.5 Å². The van der Waals surface area contributed by atoms with Gasteiger partial charge >= 0.3 is 0 Å². The summed E-state index contributed by atoms with van der Waals surface area (Å²) in [4.78, 5) is 0. The van der Waals surface area contributed by atoms with Gasteiger partial charge in [-0.25, -0.2) is 0 Å². The standard InChI is InChI=1S/C16H18ClNO/c1-10-13(5-4-6-15(10)17)14-9-12(11(2)18)7-8-16(14)19-3/h4-9,11H,18H2,1-3H3. The Balaban J connectivity index is 2.65. The minimum atomic E-state index is -0.0100. The summed E-state index contributed by atoms with van der Waals surface area (Å²) in [6.45, 7) is 3.98. The molecule has 0 heterocycles. The lowest BCUT2D eigenvalue weighted by Crippen LogP contribution is -2.05. The van der Waals surface area contributed by atoms with Crippen molar-refractivity contribution >= 4 is 11.6 Å². The molecule has 0 aromatic heterocycles. The molecule has 2 nitrogen and oxygen atoms in total. The average Bonchev–Trinajstić information content (AvgIpc) is 2.41. The molecule has 3 heteroatoms. The minimum absolute atomic E-state index is 0.0100. The first kappa shape index (κ1) is 13.9. The van der Waals surface area contributed by atoms with Crippen LogP contribution in [0.25, 0.3) is 11.1 Å². The van der Waals surface area contributed by atoms with Gasteiger partial charge in [0.1, 0.15) is 5.75 Å². The van der Waals surface area contributed by atoms with Crippen LogP contribution in [0.2, 0.25) is 5.02 Å². The number of benzene rings is 2. The van der Waals surface area contributed by atoms with Gasteiger partial charge in [0.2, 0.25) is 0 Å². The molecular weight excluding hydrogens is 258 g/mol. The Bertz CT molecular complexity index is 593. The molecule has 2 aromatic rings. The van der Waals surface area contributed by atoms with E-state index in [4.69, 9.17) is 22.1 Å². The maximum Gasteiger partial charge on any atom is 0.126 e. The van der Waals surface area contributed by atoms with E-state index in [-0.39, 0.29) is 6.04 Å².